The average molecular weight is 489 g/mol. The van der Waals surface area contributed by atoms with E-state index in [2.05, 4.69) is 27.5 Å². The molecule has 0 saturated carbocycles. The third-order valence-corrected chi connectivity index (χ3v) is 6.07. The van der Waals surface area contributed by atoms with E-state index >= 15 is 0 Å². The van der Waals surface area contributed by atoms with E-state index < -0.39 is 6.04 Å². The minimum Gasteiger partial charge on any atom is -0.358 e. The van der Waals surface area contributed by atoms with Gasteiger partial charge in [-0.05, 0) is 37.1 Å². The van der Waals surface area contributed by atoms with E-state index in [0.29, 0.717) is 5.57 Å². The molecule has 0 bridgehead atoms. The van der Waals surface area contributed by atoms with Gasteiger partial charge in [0.25, 0.3) is 5.91 Å². The lowest BCUT2D eigenvalue weighted by atomic mass is 9.95. The SMILES string of the molecule is C=C(C)C(=O)N(OCc1ccccc1)C(c1ccccc1)c1c(C)[nH]c2cccc(Br)c12. The molecule has 0 aliphatic rings. The maximum atomic E-state index is 13.4. The number of aryl methyl sites for hydroxylation is 1. The van der Waals surface area contributed by atoms with E-state index in [1.807, 2.05) is 85.8 Å². The number of halogens is 1. The van der Waals surface area contributed by atoms with Gasteiger partial charge in [-0.1, -0.05) is 89.2 Å². The van der Waals surface area contributed by atoms with Crippen LogP contribution in [0.1, 0.15) is 35.3 Å². The molecule has 4 rings (SSSR count). The van der Waals surface area contributed by atoms with Crippen molar-refractivity contribution in [3.8, 4) is 0 Å². The van der Waals surface area contributed by atoms with Crippen molar-refractivity contribution in [1.29, 1.82) is 0 Å². The molecule has 3 aromatic carbocycles. The third-order valence-electron chi connectivity index (χ3n) is 5.41. The molecule has 4 nitrogen and oxygen atoms in total. The minimum absolute atomic E-state index is 0.254. The number of amides is 1. The number of aromatic amines is 1. The van der Waals surface area contributed by atoms with E-state index in [9.17, 15) is 4.79 Å². The lowest BCUT2D eigenvalue weighted by Gasteiger charge is -2.32. The van der Waals surface area contributed by atoms with Crippen LogP contribution in [-0.4, -0.2) is 16.0 Å². The van der Waals surface area contributed by atoms with Crippen LogP contribution < -0.4 is 0 Å². The summed E-state index contributed by atoms with van der Waals surface area (Å²) in [6, 6.07) is 25.4. The molecule has 0 aliphatic carbocycles. The highest BCUT2D eigenvalue weighted by atomic mass is 79.9. The van der Waals surface area contributed by atoms with Gasteiger partial charge in [-0.3, -0.25) is 9.63 Å². The summed E-state index contributed by atoms with van der Waals surface area (Å²) in [7, 11) is 0. The highest BCUT2D eigenvalue weighted by Gasteiger charge is 2.32. The number of nitrogens with one attached hydrogen (secondary N) is 1. The van der Waals surface area contributed by atoms with E-state index in [0.717, 1.165) is 37.8 Å². The normalized spacial score (nSPS) is 12.0. The number of H-pyrrole nitrogens is 1. The molecule has 162 valence electrons. The number of hydrogen-bond acceptors (Lipinski definition) is 2. The zero-order valence-electron chi connectivity index (χ0n) is 18.1. The highest BCUT2D eigenvalue weighted by Crippen LogP contribution is 2.40. The predicted molar refractivity (Wildman–Crippen MR) is 132 cm³/mol. The van der Waals surface area contributed by atoms with E-state index in [-0.39, 0.29) is 12.5 Å². The van der Waals surface area contributed by atoms with Crippen molar-refractivity contribution in [2.45, 2.75) is 26.5 Å². The van der Waals surface area contributed by atoms with Crippen LogP contribution in [-0.2, 0) is 16.2 Å². The maximum absolute atomic E-state index is 13.4. The molecule has 1 aromatic heterocycles. The molecule has 32 heavy (non-hydrogen) atoms. The van der Waals surface area contributed by atoms with Gasteiger partial charge in [0, 0.05) is 32.2 Å². The number of benzene rings is 3. The van der Waals surface area contributed by atoms with Gasteiger partial charge in [-0.25, -0.2) is 5.06 Å². The molecule has 0 spiro atoms. The van der Waals surface area contributed by atoms with Crippen molar-refractivity contribution >= 4 is 32.7 Å². The van der Waals surface area contributed by atoms with Crippen LogP contribution in [0.5, 0.6) is 0 Å². The van der Waals surface area contributed by atoms with Crippen molar-refractivity contribution < 1.29 is 9.63 Å². The van der Waals surface area contributed by atoms with Gasteiger partial charge >= 0.3 is 0 Å². The Bertz CT molecular complexity index is 1250. The number of carbonyl (C=O) groups excluding carboxylic acids is 1. The van der Waals surface area contributed by atoms with Gasteiger partial charge in [0.2, 0.25) is 0 Å². The number of hydroxylamine groups is 2. The molecule has 1 N–H and O–H groups in total. The third kappa shape index (κ3) is 4.40. The summed E-state index contributed by atoms with van der Waals surface area (Å²) in [6.45, 7) is 7.91. The molecule has 1 amide bonds. The van der Waals surface area contributed by atoms with Gasteiger partial charge in [-0.15, -0.1) is 0 Å². The average Bonchev–Trinajstić information content (AvgIpc) is 3.14. The quantitative estimate of drug-likeness (QED) is 0.228. The second kappa shape index (κ2) is 9.55. The van der Waals surface area contributed by atoms with Crippen LogP contribution in [0.15, 0.2) is 95.5 Å². The van der Waals surface area contributed by atoms with Gasteiger partial charge in [0.1, 0.15) is 12.6 Å². The lowest BCUT2D eigenvalue weighted by molar-refractivity contribution is -0.198. The predicted octanol–water partition coefficient (Wildman–Crippen LogP) is 6.86. The second-order valence-corrected chi connectivity index (χ2v) is 8.66. The summed E-state index contributed by atoms with van der Waals surface area (Å²) in [5, 5.41) is 2.50. The van der Waals surface area contributed by atoms with Crippen molar-refractivity contribution in [3.63, 3.8) is 0 Å². The van der Waals surface area contributed by atoms with Gasteiger partial charge in [-0.2, -0.15) is 0 Å². The Balaban J connectivity index is 1.89. The van der Waals surface area contributed by atoms with E-state index in [1.54, 1.807) is 6.92 Å². The van der Waals surface area contributed by atoms with Crippen molar-refractivity contribution in [1.82, 2.24) is 10.0 Å². The summed E-state index contributed by atoms with van der Waals surface area (Å²) in [4.78, 5) is 23.1. The van der Waals surface area contributed by atoms with Gasteiger partial charge < -0.3 is 4.98 Å². The molecule has 0 saturated heterocycles. The van der Waals surface area contributed by atoms with Crippen LogP contribution in [0.3, 0.4) is 0 Å². The first-order valence-corrected chi connectivity index (χ1v) is 11.2. The molecule has 0 fully saturated rings. The number of hydrogen-bond donors (Lipinski definition) is 1. The van der Waals surface area contributed by atoms with Crippen LogP contribution in [0.25, 0.3) is 10.9 Å². The van der Waals surface area contributed by atoms with Gasteiger partial charge in [0.15, 0.2) is 0 Å². The minimum atomic E-state index is -0.462. The zero-order valence-corrected chi connectivity index (χ0v) is 19.7. The van der Waals surface area contributed by atoms with Crippen molar-refractivity contribution in [2.24, 2.45) is 0 Å². The molecule has 0 radical (unpaired) electrons. The summed E-state index contributed by atoms with van der Waals surface area (Å²) >= 11 is 3.71. The van der Waals surface area contributed by atoms with Crippen molar-refractivity contribution in [3.05, 3.63) is 118 Å². The second-order valence-electron chi connectivity index (χ2n) is 7.81. The Morgan fingerprint density at radius 3 is 2.34 bits per heavy atom. The van der Waals surface area contributed by atoms with Crippen LogP contribution >= 0.6 is 15.9 Å². The number of aromatic nitrogens is 1. The lowest BCUT2D eigenvalue weighted by Crippen LogP contribution is -2.36. The molecular weight excluding hydrogens is 464 g/mol. The standard InChI is InChI=1S/C27H25BrN2O2/c1-18(2)27(31)30(32-17-20-11-6-4-7-12-20)26(21-13-8-5-9-14-21)24-19(3)29-23-16-10-15-22(28)25(23)24/h4-16,26,29H,1,17H2,2-3H3. The number of carbonyl (C=O) groups is 1. The molecule has 1 atom stereocenters. The highest BCUT2D eigenvalue weighted by molar-refractivity contribution is 9.10. The van der Waals surface area contributed by atoms with E-state index in [4.69, 9.17) is 4.84 Å². The smallest absolute Gasteiger partial charge is 0.273 e. The molecule has 1 unspecified atom stereocenters. The summed E-state index contributed by atoms with van der Waals surface area (Å²) in [5.41, 5.74) is 5.31. The first-order valence-electron chi connectivity index (χ1n) is 10.4. The first kappa shape index (κ1) is 22.1. The number of fused-ring (bicyclic) bond motifs is 1. The Labute approximate surface area is 196 Å². The fraction of sp³-hybridized carbons (Fsp3) is 0.148. The van der Waals surface area contributed by atoms with Crippen molar-refractivity contribution in [2.75, 3.05) is 0 Å². The molecule has 1 heterocycles. The fourth-order valence-electron chi connectivity index (χ4n) is 3.91. The topological polar surface area (TPSA) is 45.3 Å². The molecular formula is C27H25BrN2O2. The summed E-state index contributed by atoms with van der Waals surface area (Å²) < 4.78 is 0.959. The molecule has 4 aromatic rings. The van der Waals surface area contributed by atoms with Crippen LogP contribution in [0.2, 0.25) is 0 Å². The number of nitrogens with zero attached hydrogens (tertiary/aromatic N) is 1. The number of rotatable bonds is 7. The zero-order chi connectivity index (χ0) is 22.7. The Morgan fingerprint density at radius 1 is 1.03 bits per heavy atom. The summed E-state index contributed by atoms with van der Waals surface area (Å²) in [5.74, 6) is -0.254. The molecule has 0 aliphatic heterocycles. The summed E-state index contributed by atoms with van der Waals surface area (Å²) in [6.07, 6.45) is 0. The monoisotopic (exact) mass is 488 g/mol. The first-order chi connectivity index (χ1) is 15.5. The fourth-order valence-corrected chi connectivity index (χ4v) is 4.49. The largest absolute Gasteiger partial charge is 0.358 e. The van der Waals surface area contributed by atoms with Gasteiger partial charge in [0.05, 0.1) is 0 Å². The maximum Gasteiger partial charge on any atom is 0.273 e. The van der Waals surface area contributed by atoms with Crippen LogP contribution in [0, 0.1) is 6.92 Å². The molecule has 5 heteroatoms. The Kier molecular flexibility index (Phi) is 6.58. The Morgan fingerprint density at radius 2 is 1.69 bits per heavy atom. The van der Waals surface area contributed by atoms with E-state index in [1.165, 1.54) is 5.06 Å². The Hall–Kier alpha value is -3.15. The van der Waals surface area contributed by atoms with Crippen LogP contribution in [0.4, 0.5) is 0 Å².